The maximum absolute atomic E-state index is 5.99. The molecular weight excluding hydrogens is 406 g/mol. The highest BCUT2D eigenvalue weighted by atomic mass is 16.3. The molecule has 0 aliphatic rings. The summed E-state index contributed by atoms with van der Waals surface area (Å²) in [6.07, 6.45) is 0. The van der Waals surface area contributed by atoms with E-state index in [2.05, 4.69) is 12.1 Å². The van der Waals surface area contributed by atoms with Crippen molar-refractivity contribution in [3.05, 3.63) is 115 Å². The van der Waals surface area contributed by atoms with Crippen LogP contribution >= 0.6 is 0 Å². The van der Waals surface area contributed by atoms with Crippen LogP contribution < -0.4 is 0 Å². The molecule has 0 unspecified atom stereocenters. The molecule has 2 heterocycles. The third kappa shape index (κ3) is 3.79. The van der Waals surface area contributed by atoms with Crippen molar-refractivity contribution in [2.45, 2.75) is 0 Å². The van der Waals surface area contributed by atoms with Gasteiger partial charge >= 0.3 is 0 Å². The minimum absolute atomic E-state index is 0.611. The summed E-state index contributed by atoms with van der Waals surface area (Å²) in [5.41, 5.74) is 7.21. The molecule has 4 heteroatoms. The van der Waals surface area contributed by atoms with Gasteiger partial charge in [-0.15, -0.1) is 0 Å². The van der Waals surface area contributed by atoms with E-state index < -0.39 is 0 Å². The van der Waals surface area contributed by atoms with Gasteiger partial charge in [0, 0.05) is 22.3 Å². The van der Waals surface area contributed by atoms with Gasteiger partial charge in [0.25, 0.3) is 0 Å². The molecule has 0 N–H and O–H groups in total. The van der Waals surface area contributed by atoms with Crippen LogP contribution in [0.4, 0.5) is 0 Å². The predicted molar refractivity (Wildman–Crippen MR) is 131 cm³/mol. The Balaban J connectivity index is 1.49. The molecule has 0 aliphatic heterocycles. The third-order valence-corrected chi connectivity index (χ3v) is 5.53. The van der Waals surface area contributed by atoms with E-state index in [1.54, 1.807) is 0 Å². The number of benzene rings is 4. The van der Waals surface area contributed by atoms with Crippen molar-refractivity contribution in [2.75, 3.05) is 0 Å². The lowest BCUT2D eigenvalue weighted by Crippen LogP contribution is -1.95. The molecule has 2 aromatic heterocycles. The lowest BCUT2D eigenvalue weighted by molar-refractivity contribution is 0.620. The van der Waals surface area contributed by atoms with Crippen LogP contribution in [-0.2, 0) is 0 Å². The average Bonchev–Trinajstić information content (AvgIpc) is 3.34. The van der Waals surface area contributed by atoms with E-state index in [1.165, 1.54) is 0 Å². The van der Waals surface area contributed by atoms with Gasteiger partial charge in [-0.25, -0.2) is 15.0 Å². The molecule has 0 amide bonds. The van der Waals surface area contributed by atoms with Gasteiger partial charge < -0.3 is 4.42 Å². The monoisotopic (exact) mass is 425 g/mol. The van der Waals surface area contributed by atoms with Gasteiger partial charge in [0.1, 0.15) is 5.52 Å². The fraction of sp³-hybridized carbons (Fsp3) is 0. The van der Waals surface area contributed by atoms with Gasteiger partial charge in [-0.3, -0.25) is 0 Å². The van der Waals surface area contributed by atoms with Gasteiger partial charge in [0.15, 0.2) is 11.4 Å². The lowest BCUT2D eigenvalue weighted by Gasteiger charge is -2.09. The highest BCUT2D eigenvalue weighted by Gasteiger charge is 2.13. The van der Waals surface area contributed by atoms with Crippen molar-refractivity contribution in [3.63, 3.8) is 0 Å². The van der Waals surface area contributed by atoms with Crippen LogP contribution in [0, 0.1) is 0 Å². The second-order valence-electron chi connectivity index (χ2n) is 7.76. The Labute approximate surface area is 191 Å². The normalized spacial score (nSPS) is 11.0. The Kier molecular flexibility index (Phi) is 4.74. The Morgan fingerprint density at radius 1 is 0.455 bits per heavy atom. The van der Waals surface area contributed by atoms with Crippen molar-refractivity contribution in [3.8, 4) is 45.4 Å². The molecule has 0 fully saturated rings. The van der Waals surface area contributed by atoms with Crippen molar-refractivity contribution in [2.24, 2.45) is 0 Å². The Morgan fingerprint density at radius 2 is 1.03 bits per heavy atom. The molecule has 0 aliphatic carbocycles. The van der Waals surface area contributed by atoms with E-state index >= 15 is 0 Å². The number of rotatable bonds is 4. The number of fused-ring (bicyclic) bond motifs is 1. The van der Waals surface area contributed by atoms with E-state index in [-0.39, 0.29) is 0 Å². The number of hydrogen-bond donors (Lipinski definition) is 0. The Morgan fingerprint density at radius 3 is 1.70 bits per heavy atom. The number of nitrogens with zero attached hydrogens (tertiary/aromatic N) is 3. The molecule has 156 valence electrons. The minimum Gasteiger partial charge on any atom is -0.436 e. The summed E-state index contributed by atoms with van der Waals surface area (Å²) in [6.45, 7) is 0. The molecule has 4 nitrogen and oxygen atoms in total. The number of oxazole rings is 1. The van der Waals surface area contributed by atoms with E-state index in [4.69, 9.17) is 19.4 Å². The summed E-state index contributed by atoms with van der Waals surface area (Å²) < 4.78 is 5.99. The summed E-state index contributed by atoms with van der Waals surface area (Å²) >= 11 is 0. The second-order valence-corrected chi connectivity index (χ2v) is 7.76. The first-order valence-corrected chi connectivity index (χ1v) is 10.8. The first-order chi connectivity index (χ1) is 16.3. The first-order valence-electron chi connectivity index (χ1n) is 10.8. The number of hydrogen-bond acceptors (Lipinski definition) is 4. The molecule has 0 saturated heterocycles. The smallest absolute Gasteiger partial charge is 0.227 e. The predicted octanol–water partition coefficient (Wildman–Crippen LogP) is 7.29. The average molecular weight is 425 g/mol. The molecular formula is C29H19N3O. The molecule has 0 saturated carbocycles. The first kappa shape index (κ1) is 19.1. The summed E-state index contributed by atoms with van der Waals surface area (Å²) in [5, 5.41) is 0. The van der Waals surface area contributed by atoms with Crippen molar-refractivity contribution >= 4 is 11.1 Å². The van der Waals surface area contributed by atoms with Crippen LogP contribution in [0.3, 0.4) is 0 Å². The van der Waals surface area contributed by atoms with E-state index in [1.807, 2.05) is 103 Å². The van der Waals surface area contributed by atoms with E-state index in [0.717, 1.165) is 44.7 Å². The zero-order valence-electron chi connectivity index (χ0n) is 17.7. The zero-order valence-corrected chi connectivity index (χ0v) is 17.7. The van der Waals surface area contributed by atoms with Crippen LogP contribution in [0.25, 0.3) is 56.5 Å². The molecule has 6 rings (SSSR count). The summed E-state index contributed by atoms with van der Waals surface area (Å²) in [4.78, 5) is 14.5. The Hall–Kier alpha value is -4.57. The van der Waals surface area contributed by atoms with Crippen LogP contribution in [0.15, 0.2) is 120 Å². The molecule has 33 heavy (non-hydrogen) atoms. The van der Waals surface area contributed by atoms with E-state index in [0.29, 0.717) is 11.7 Å². The van der Waals surface area contributed by atoms with Crippen molar-refractivity contribution in [1.29, 1.82) is 0 Å². The van der Waals surface area contributed by atoms with Crippen LogP contribution in [0.2, 0.25) is 0 Å². The van der Waals surface area contributed by atoms with Crippen molar-refractivity contribution < 1.29 is 4.42 Å². The summed E-state index contributed by atoms with van der Waals surface area (Å²) in [5.74, 6) is 1.30. The summed E-state index contributed by atoms with van der Waals surface area (Å²) in [6, 6.07) is 38.2. The second kappa shape index (κ2) is 8.17. The van der Waals surface area contributed by atoms with Crippen LogP contribution in [0.1, 0.15) is 0 Å². The van der Waals surface area contributed by atoms with Crippen LogP contribution in [-0.4, -0.2) is 15.0 Å². The van der Waals surface area contributed by atoms with Gasteiger partial charge in [-0.05, 0) is 36.4 Å². The third-order valence-electron chi connectivity index (χ3n) is 5.53. The Bertz CT molecular complexity index is 1480. The quantitative estimate of drug-likeness (QED) is 0.298. The maximum atomic E-state index is 5.99. The van der Waals surface area contributed by atoms with Crippen molar-refractivity contribution in [1.82, 2.24) is 15.0 Å². The fourth-order valence-corrected chi connectivity index (χ4v) is 3.86. The minimum atomic E-state index is 0.611. The molecule has 0 bridgehead atoms. The fourth-order valence-electron chi connectivity index (χ4n) is 3.86. The summed E-state index contributed by atoms with van der Waals surface area (Å²) in [7, 11) is 0. The molecule has 0 spiro atoms. The standard InChI is InChI=1S/C29H19N3O/c1-4-10-20(11-5-1)24-19-25(31-28(30-24)21-12-6-2-7-13-21)23-16-17-27-26(18-23)32-29(33-27)22-14-8-3-9-15-22/h1-19H. The molecule has 0 radical (unpaired) electrons. The van der Waals surface area contributed by atoms with E-state index in [9.17, 15) is 0 Å². The zero-order chi connectivity index (χ0) is 22.0. The molecule has 0 atom stereocenters. The topological polar surface area (TPSA) is 51.8 Å². The molecule has 4 aromatic carbocycles. The largest absolute Gasteiger partial charge is 0.436 e. The van der Waals surface area contributed by atoms with Gasteiger partial charge in [0.2, 0.25) is 5.89 Å². The van der Waals surface area contributed by atoms with Gasteiger partial charge in [0.05, 0.1) is 11.4 Å². The van der Waals surface area contributed by atoms with Gasteiger partial charge in [-0.1, -0.05) is 78.9 Å². The highest BCUT2D eigenvalue weighted by molar-refractivity contribution is 5.83. The number of aromatic nitrogens is 3. The van der Waals surface area contributed by atoms with Gasteiger partial charge in [-0.2, -0.15) is 0 Å². The SMILES string of the molecule is c1ccc(-c2cc(-c3ccc4oc(-c5ccccc5)nc4c3)nc(-c3ccccc3)n2)cc1. The molecule has 6 aromatic rings. The maximum Gasteiger partial charge on any atom is 0.227 e. The lowest BCUT2D eigenvalue weighted by atomic mass is 10.1. The highest BCUT2D eigenvalue weighted by Crippen LogP contribution is 2.31. The van der Waals surface area contributed by atoms with Crippen LogP contribution in [0.5, 0.6) is 0 Å².